The summed E-state index contributed by atoms with van der Waals surface area (Å²) in [4.78, 5) is 14.3. The van der Waals surface area contributed by atoms with Crippen LogP contribution in [0.15, 0.2) is 36.7 Å². The molecule has 2 aliphatic rings. The first-order chi connectivity index (χ1) is 14.9. The average molecular weight is 439 g/mol. The average Bonchev–Trinajstić information content (AvgIpc) is 3.41. The van der Waals surface area contributed by atoms with Crippen LogP contribution in [0.4, 0.5) is 11.6 Å². The maximum absolute atomic E-state index is 11.3. The summed E-state index contributed by atoms with van der Waals surface area (Å²) < 4.78 is 11.6. The van der Waals surface area contributed by atoms with Gasteiger partial charge in [-0.15, -0.1) is 11.3 Å². The summed E-state index contributed by atoms with van der Waals surface area (Å²) in [6.45, 7) is 5.27. The number of hydrogen-bond donors (Lipinski definition) is 2. The summed E-state index contributed by atoms with van der Waals surface area (Å²) in [5.74, 6) is 0.0738. The first-order valence-corrected chi connectivity index (χ1v) is 11.4. The van der Waals surface area contributed by atoms with Gasteiger partial charge in [-0.25, -0.2) is 15.0 Å². The maximum Gasteiger partial charge on any atom is 0.227 e. The zero-order valence-corrected chi connectivity index (χ0v) is 18.5. The van der Waals surface area contributed by atoms with Gasteiger partial charge < -0.3 is 19.9 Å². The minimum absolute atomic E-state index is 0.499. The third-order valence-corrected chi connectivity index (χ3v) is 7.21. The number of nitrogens with one attached hydrogen (secondary N) is 1. The highest BCUT2D eigenvalue weighted by Crippen LogP contribution is 2.46. The van der Waals surface area contributed by atoms with E-state index < -0.39 is 11.4 Å². The lowest BCUT2D eigenvalue weighted by molar-refractivity contribution is -0.204. The van der Waals surface area contributed by atoms with E-state index in [-0.39, 0.29) is 0 Å². The molecule has 8 heteroatoms. The van der Waals surface area contributed by atoms with Crippen molar-refractivity contribution >= 4 is 23.0 Å². The largest absolute Gasteiger partial charge is 0.383 e. The molecule has 5 rings (SSSR count). The van der Waals surface area contributed by atoms with Crippen molar-refractivity contribution in [3.63, 3.8) is 0 Å². The van der Waals surface area contributed by atoms with E-state index in [9.17, 15) is 5.11 Å². The van der Waals surface area contributed by atoms with Crippen LogP contribution in [0.25, 0.3) is 10.4 Å². The van der Waals surface area contributed by atoms with Gasteiger partial charge in [-0.1, -0.05) is 6.07 Å². The van der Waals surface area contributed by atoms with Gasteiger partial charge in [-0.2, -0.15) is 0 Å². The smallest absolute Gasteiger partial charge is 0.227 e. The Balaban J connectivity index is 1.36. The first-order valence-electron chi connectivity index (χ1n) is 10.6. The molecular weight excluding hydrogens is 412 g/mol. The normalized spacial score (nSPS) is 19.6. The topological polar surface area (TPSA) is 89.4 Å². The van der Waals surface area contributed by atoms with Crippen LogP contribution >= 0.6 is 11.3 Å². The van der Waals surface area contributed by atoms with E-state index in [1.54, 1.807) is 17.5 Å². The number of ether oxygens (including phenoxy) is 2. The Morgan fingerprint density at radius 2 is 1.81 bits per heavy atom. The number of nitrogens with zero attached hydrogens (tertiary/aromatic N) is 3. The zero-order valence-electron chi connectivity index (χ0n) is 17.7. The van der Waals surface area contributed by atoms with E-state index in [1.807, 2.05) is 19.2 Å². The van der Waals surface area contributed by atoms with Crippen LogP contribution in [-0.4, -0.2) is 39.1 Å². The van der Waals surface area contributed by atoms with E-state index in [0.29, 0.717) is 44.8 Å². The predicted octanol–water partition coefficient (Wildman–Crippen LogP) is 4.47. The van der Waals surface area contributed by atoms with Gasteiger partial charge in [0.25, 0.3) is 0 Å². The van der Waals surface area contributed by atoms with E-state index >= 15 is 0 Å². The second-order valence-electron chi connectivity index (χ2n) is 8.40. The summed E-state index contributed by atoms with van der Waals surface area (Å²) in [7, 11) is 0. The molecule has 7 nitrogen and oxygen atoms in total. The van der Waals surface area contributed by atoms with Gasteiger partial charge in [0.1, 0.15) is 10.6 Å². The second-order valence-corrected chi connectivity index (χ2v) is 9.43. The Labute approximate surface area is 185 Å². The van der Waals surface area contributed by atoms with E-state index in [0.717, 1.165) is 32.4 Å². The van der Waals surface area contributed by atoms with E-state index in [2.05, 4.69) is 45.4 Å². The van der Waals surface area contributed by atoms with Crippen LogP contribution in [0.2, 0.25) is 0 Å². The fourth-order valence-electron chi connectivity index (χ4n) is 4.30. The van der Waals surface area contributed by atoms with Crippen LogP contribution in [0, 0.1) is 13.8 Å². The highest BCUT2D eigenvalue weighted by molar-refractivity contribution is 7.15. The SMILES string of the molecule is Cc1cc(Nc2nccc(C)n2)cc(-c2cnc(C3(O)CCC4(CC3)OCCO4)s2)c1. The van der Waals surface area contributed by atoms with Gasteiger partial charge >= 0.3 is 0 Å². The zero-order chi connectivity index (χ0) is 21.5. The molecule has 0 unspecified atom stereocenters. The molecule has 0 amide bonds. The molecule has 162 valence electrons. The fourth-order valence-corrected chi connectivity index (χ4v) is 5.35. The quantitative estimate of drug-likeness (QED) is 0.621. The molecule has 2 N–H and O–H groups in total. The highest BCUT2D eigenvalue weighted by Gasteiger charge is 2.47. The van der Waals surface area contributed by atoms with E-state index in [1.165, 1.54) is 0 Å². The molecule has 0 bridgehead atoms. The third kappa shape index (κ3) is 4.21. The number of aliphatic hydroxyl groups is 1. The number of aromatic nitrogens is 3. The van der Waals surface area contributed by atoms with Gasteiger partial charge in [0, 0.05) is 36.6 Å². The molecule has 1 saturated carbocycles. The van der Waals surface area contributed by atoms with Gasteiger partial charge in [0.2, 0.25) is 5.95 Å². The Kier molecular flexibility index (Phi) is 5.26. The van der Waals surface area contributed by atoms with Crippen LogP contribution in [0.1, 0.15) is 41.9 Å². The number of thiazole rings is 1. The monoisotopic (exact) mass is 438 g/mol. The van der Waals surface area contributed by atoms with E-state index in [4.69, 9.17) is 9.47 Å². The molecule has 1 saturated heterocycles. The summed E-state index contributed by atoms with van der Waals surface area (Å²) in [5, 5.41) is 15.3. The van der Waals surface area contributed by atoms with Gasteiger partial charge in [-0.3, -0.25) is 0 Å². The molecule has 1 aromatic carbocycles. The Morgan fingerprint density at radius 3 is 2.55 bits per heavy atom. The second kappa shape index (κ2) is 7.94. The lowest BCUT2D eigenvalue weighted by atomic mass is 9.82. The number of rotatable bonds is 4. The van der Waals surface area contributed by atoms with Gasteiger partial charge in [0.15, 0.2) is 5.79 Å². The van der Waals surface area contributed by atoms with Crippen molar-refractivity contribution in [1.29, 1.82) is 0 Å². The molecular formula is C23H26N4O3S. The van der Waals surface area contributed by atoms with Crippen LogP contribution < -0.4 is 5.32 Å². The molecule has 2 aromatic heterocycles. The minimum Gasteiger partial charge on any atom is -0.383 e. The lowest BCUT2D eigenvalue weighted by Crippen LogP contribution is -2.42. The van der Waals surface area contributed by atoms with Crippen LogP contribution in [0.3, 0.4) is 0 Å². The maximum atomic E-state index is 11.3. The highest BCUT2D eigenvalue weighted by atomic mass is 32.1. The number of anilines is 2. The minimum atomic E-state index is -0.927. The van der Waals surface area contributed by atoms with Crippen molar-refractivity contribution in [2.45, 2.75) is 50.9 Å². The standard InChI is InChI=1S/C23H26N4O3S/c1-15-11-17(13-18(12-15)27-21-24-8-3-16(2)26-21)19-14-25-20(31-19)22(28)4-6-23(7-5-22)29-9-10-30-23/h3,8,11-14,28H,4-7,9-10H2,1-2H3,(H,24,26,27). The Morgan fingerprint density at radius 1 is 1.03 bits per heavy atom. The lowest BCUT2D eigenvalue weighted by Gasteiger charge is -2.39. The Hall–Kier alpha value is -2.39. The Bertz CT molecular complexity index is 1080. The summed E-state index contributed by atoms with van der Waals surface area (Å²) in [6.07, 6.45) is 6.15. The molecule has 1 aliphatic carbocycles. The molecule has 1 spiro atoms. The molecule has 0 atom stereocenters. The third-order valence-electron chi connectivity index (χ3n) is 5.97. The molecule has 31 heavy (non-hydrogen) atoms. The molecule has 1 aliphatic heterocycles. The van der Waals surface area contributed by atoms with Gasteiger partial charge in [0.05, 0.1) is 18.1 Å². The summed E-state index contributed by atoms with van der Waals surface area (Å²) in [6, 6.07) is 8.12. The van der Waals surface area contributed by atoms with Crippen molar-refractivity contribution in [1.82, 2.24) is 15.0 Å². The molecule has 3 heterocycles. The van der Waals surface area contributed by atoms with Crippen molar-refractivity contribution in [3.8, 4) is 10.4 Å². The molecule has 3 aromatic rings. The summed E-state index contributed by atoms with van der Waals surface area (Å²) in [5.41, 5.74) is 3.08. The fraction of sp³-hybridized carbons (Fsp3) is 0.435. The van der Waals surface area contributed by atoms with Crippen molar-refractivity contribution in [2.24, 2.45) is 0 Å². The van der Waals surface area contributed by atoms with Crippen LogP contribution in [-0.2, 0) is 15.1 Å². The number of aryl methyl sites for hydroxylation is 2. The van der Waals surface area contributed by atoms with Crippen molar-refractivity contribution in [3.05, 3.63) is 52.9 Å². The molecule has 2 fully saturated rings. The first kappa shape index (κ1) is 20.5. The summed E-state index contributed by atoms with van der Waals surface area (Å²) >= 11 is 1.55. The molecule has 0 radical (unpaired) electrons. The number of hydrogen-bond acceptors (Lipinski definition) is 8. The van der Waals surface area contributed by atoms with Crippen molar-refractivity contribution in [2.75, 3.05) is 18.5 Å². The number of benzene rings is 1. The van der Waals surface area contributed by atoms with Crippen LogP contribution in [0.5, 0.6) is 0 Å². The van der Waals surface area contributed by atoms with Crippen molar-refractivity contribution < 1.29 is 14.6 Å². The predicted molar refractivity (Wildman–Crippen MR) is 119 cm³/mol. The van der Waals surface area contributed by atoms with Gasteiger partial charge in [-0.05, 0) is 56.0 Å².